The van der Waals surface area contributed by atoms with Crippen molar-refractivity contribution in [2.45, 2.75) is 306 Å². The first-order valence-electron chi connectivity index (χ1n) is 28.6. The van der Waals surface area contributed by atoms with Crippen molar-refractivity contribution in [3.8, 4) is 0 Å². The van der Waals surface area contributed by atoms with Gasteiger partial charge in [-0.15, -0.1) is 0 Å². The maximum Gasteiger partial charge on any atom is 0.220 e. The lowest BCUT2D eigenvalue weighted by atomic mass is 9.97. The zero-order valence-electron chi connectivity index (χ0n) is 44.0. The van der Waals surface area contributed by atoms with Crippen LogP contribution in [0.4, 0.5) is 0 Å². The molecule has 14 heteroatoms. The normalized spacial score (nSPS) is 26.1. The van der Waals surface area contributed by atoms with E-state index in [9.17, 15) is 45.6 Å². The number of carbonyl (C=O) groups excluding carboxylic acids is 1. The predicted octanol–water partition coefficient (Wildman–Crippen LogP) is 8.89. The van der Waals surface area contributed by atoms with E-state index in [1.165, 1.54) is 167 Å². The molecule has 2 rings (SSSR count). The Hall–Kier alpha value is -1.53. The molecule has 70 heavy (non-hydrogen) atoms. The van der Waals surface area contributed by atoms with Gasteiger partial charge in [0.2, 0.25) is 5.91 Å². The van der Waals surface area contributed by atoms with E-state index in [0.717, 1.165) is 32.1 Å². The van der Waals surface area contributed by atoms with Gasteiger partial charge in [0.05, 0.1) is 32.0 Å². The molecule has 0 aromatic heterocycles. The second-order valence-corrected chi connectivity index (χ2v) is 20.4. The maximum atomic E-state index is 13.2. The fraction of sp³-hybridized carbons (Fsp3) is 0.911. The van der Waals surface area contributed by atoms with Gasteiger partial charge in [-0.1, -0.05) is 218 Å². The molecule has 0 bridgehead atoms. The number of carbonyl (C=O) groups is 1. The van der Waals surface area contributed by atoms with Gasteiger partial charge in [0.25, 0.3) is 0 Å². The minimum atomic E-state index is -1.79. The van der Waals surface area contributed by atoms with Crippen molar-refractivity contribution in [2.75, 3.05) is 19.8 Å². The van der Waals surface area contributed by atoms with Gasteiger partial charge in [-0.3, -0.25) is 4.79 Å². The van der Waals surface area contributed by atoms with E-state index in [1.54, 1.807) is 6.08 Å². The van der Waals surface area contributed by atoms with Gasteiger partial charge < -0.3 is 65.1 Å². The van der Waals surface area contributed by atoms with Crippen LogP contribution in [0.25, 0.3) is 0 Å². The van der Waals surface area contributed by atoms with Crippen molar-refractivity contribution >= 4 is 5.91 Å². The van der Waals surface area contributed by atoms with Gasteiger partial charge in [0.1, 0.15) is 48.8 Å². The van der Waals surface area contributed by atoms with Gasteiger partial charge in [0, 0.05) is 6.42 Å². The van der Waals surface area contributed by atoms with E-state index in [4.69, 9.17) is 18.9 Å². The largest absolute Gasteiger partial charge is 0.394 e. The van der Waals surface area contributed by atoms with Gasteiger partial charge in [-0.25, -0.2) is 0 Å². The average Bonchev–Trinajstić information content (AvgIpc) is 3.36. The van der Waals surface area contributed by atoms with Crippen molar-refractivity contribution in [3.63, 3.8) is 0 Å². The molecule has 2 saturated heterocycles. The first kappa shape index (κ1) is 64.6. The molecule has 2 aliphatic heterocycles. The minimum Gasteiger partial charge on any atom is -0.394 e. The molecule has 0 aromatic carbocycles. The van der Waals surface area contributed by atoms with E-state index in [-0.39, 0.29) is 18.9 Å². The van der Waals surface area contributed by atoms with Crippen LogP contribution in [0, 0.1) is 0 Å². The van der Waals surface area contributed by atoms with Crippen LogP contribution in [-0.2, 0) is 23.7 Å². The molecule has 0 aliphatic carbocycles. The summed E-state index contributed by atoms with van der Waals surface area (Å²) in [6, 6.07) is -0.927. The Bertz CT molecular complexity index is 1270. The third-order valence-electron chi connectivity index (χ3n) is 14.1. The summed E-state index contributed by atoms with van der Waals surface area (Å²) >= 11 is 0. The standard InChI is InChI=1S/C56H105NO13/c1-3-5-7-9-11-13-15-17-19-21-22-24-26-28-30-32-34-36-38-40-48(61)57-44(45(60)39-37-35-33-31-29-27-25-23-20-18-16-14-12-10-8-6-4-2)43-67-55-53(66)51(64)54(47(42-59)69-55)70-56-52(65)50(63)49(62)46(41-58)68-56/h29,31,37,39,44-47,49-56,58-60,62-66H,3-28,30,32-36,38,40-43H2,1-2H3,(H,57,61)/b31-29+,39-37+. The molecule has 0 spiro atoms. The Morgan fingerprint density at radius 1 is 0.500 bits per heavy atom. The molecule has 412 valence electrons. The lowest BCUT2D eigenvalue weighted by Crippen LogP contribution is -2.65. The number of hydrogen-bond donors (Lipinski definition) is 9. The number of aliphatic hydroxyl groups is 8. The summed E-state index contributed by atoms with van der Waals surface area (Å²) in [7, 11) is 0. The highest BCUT2D eigenvalue weighted by Gasteiger charge is 2.51. The molecule has 2 aliphatic rings. The van der Waals surface area contributed by atoms with Crippen LogP contribution in [0.15, 0.2) is 24.3 Å². The Morgan fingerprint density at radius 2 is 0.914 bits per heavy atom. The highest BCUT2D eigenvalue weighted by molar-refractivity contribution is 5.76. The summed E-state index contributed by atoms with van der Waals surface area (Å²) in [5, 5.41) is 86.9. The van der Waals surface area contributed by atoms with Crippen LogP contribution in [-0.4, -0.2) is 140 Å². The Labute approximate surface area is 424 Å². The third-order valence-corrected chi connectivity index (χ3v) is 14.1. The first-order valence-corrected chi connectivity index (χ1v) is 28.6. The number of ether oxygens (including phenoxy) is 4. The zero-order chi connectivity index (χ0) is 51.0. The van der Waals surface area contributed by atoms with E-state index < -0.39 is 86.8 Å². The lowest BCUT2D eigenvalue weighted by Gasteiger charge is -2.46. The second-order valence-electron chi connectivity index (χ2n) is 20.4. The predicted molar refractivity (Wildman–Crippen MR) is 277 cm³/mol. The van der Waals surface area contributed by atoms with Gasteiger partial charge in [-0.05, 0) is 32.1 Å². The average molecular weight is 1000 g/mol. The van der Waals surface area contributed by atoms with Gasteiger partial charge in [-0.2, -0.15) is 0 Å². The SMILES string of the molecule is CCCCCCCCCCCCC/C=C/CC/C=C/C(O)C(COC1OC(CO)C(OC2OC(CO)C(O)C(O)C2O)C(O)C1O)NC(=O)CCCCCCCCCCCCCCCCCCCCC. The van der Waals surface area contributed by atoms with Crippen LogP contribution >= 0.6 is 0 Å². The van der Waals surface area contributed by atoms with E-state index >= 15 is 0 Å². The number of aliphatic hydroxyl groups excluding tert-OH is 8. The topological polar surface area (TPSA) is 228 Å². The molecule has 2 heterocycles. The smallest absolute Gasteiger partial charge is 0.220 e. The number of rotatable bonds is 45. The van der Waals surface area contributed by atoms with E-state index in [1.807, 2.05) is 6.08 Å². The number of amides is 1. The molecular formula is C56H105NO13. The van der Waals surface area contributed by atoms with Crippen molar-refractivity contribution < 1.29 is 64.6 Å². The highest BCUT2D eigenvalue weighted by atomic mass is 16.7. The summed E-state index contributed by atoms with van der Waals surface area (Å²) in [6.07, 6.45) is 32.1. The Kier molecular flexibility index (Phi) is 39.5. The fourth-order valence-corrected chi connectivity index (χ4v) is 9.48. The maximum absolute atomic E-state index is 13.2. The molecule has 9 N–H and O–H groups in total. The number of nitrogens with one attached hydrogen (secondary N) is 1. The first-order chi connectivity index (χ1) is 34.1. The van der Waals surface area contributed by atoms with Gasteiger partial charge >= 0.3 is 0 Å². The van der Waals surface area contributed by atoms with Crippen LogP contribution in [0.3, 0.4) is 0 Å². The van der Waals surface area contributed by atoms with Crippen LogP contribution in [0.5, 0.6) is 0 Å². The molecule has 0 saturated carbocycles. The summed E-state index contributed by atoms with van der Waals surface area (Å²) in [6.45, 7) is 2.79. The minimum absolute atomic E-state index is 0.246. The zero-order valence-corrected chi connectivity index (χ0v) is 44.0. The summed E-state index contributed by atoms with van der Waals surface area (Å²) in [5.74, 6) is -0.246. The van der Waals surface area contributed by atoms with Gasteiger partial charge in [0.15, 0.2) is 12.6 Å². The highest BCUT2D eigenvalue weighted by Crippen LogP contribution is 2.30. The molecule has 14 nitrogen and oxygen atoms in total. The summed E-state index contributed by atoms with van der Waals surface area (Å²) in [4.78, 5) is 13.2. The van der Waals surface area contributed by atoms with Crippen LogP contribution < -0.4 is 5.32 Å². The fourth-order valence-electron chi connectivity index (χ4n) is 9.48. The molecule has 0 radical (unpaired) electrons. The molecule has 2 fully saturated rings. The van der Waals surface area contributed by atoms with E-state index in [0.29, 0.717) is 12.8 Å². The van der Waals surface area contributed by atoms with Crippen LogP contribution in [0.1, 0.15) is 232 Å². The molecule has 12 unspecified atom stereocenters. The third kappa shape index (κ3) is 28.8. The lowest BCUT2D eigenvalue weighted by molar-refractivity contribution is -0.359. The Morgan fingerprint density at radius 3 is 1.40 bits per heavy atom. The second kappa shape index (κ2) is 42.8. The van der Waals surface area contributed by atoms with E-state index in [2.05, 4.69) is 31.3 Å². The number of allylic oxidation sites excluding steroid dienone is 3. The molecular weight excluding hydrogens is 895 g/mol. The molecule has 12 atom stereocenters. The van der Waals surface area contributed by atoms with Crippen molar-refractivity contribution in [1.82, 2.24) is 5.32 Å². The van der Waals surface area contributed by atoms with Crippen molar-refractivity contribution in [3.05, 3.63) is 24.3 Å². The van der Waals surface area contributed by atoms with Crippen LogP contribution in [0.2, 0.25) is 0 Å². The molecule has 1 amide bonds. The number of hydrogen-bond acceptors (Lipinski definition) is 13. The quantitative estimate of drug-likeness (QED) is 0.0205. The molecule has 0 aromatic rings. The summed E-state index contributed by atoms with van der Waals surface area (Å²) < 4.78 is 22.7. The monoisotopic (exact) mass is 1000 g/mol. The van der Waals surface area contributed by atoms with Crippen molar-refractivity contribution in [1.29, 1.82) is 0 Å². The van der Waals surface area contributed by atoms with Crippen molar-refractivity contribution in [2.24, 2.45) is 0 Å². The summed E-state index contributed by atoms with van der Waals surface area (Å²) in [5.41, 5.74) is 0. The number of unbranched alkanes of at least 4 members (excludes halogenated alkanes) is 30. The Balaban J connectivity index is 1.80.